The highest BCUT2D eigenvalue weighted by molar-refractivity contribution is 5.93. The monoisotopic (exact) mass is 571 g/mol. The molecular weight excluding hydrogens is 530 g/mol. The molecule has 0 radical (unpaired) electrons. The molecule has 3 saturated heterocycles. The topological polar surface area (TPSA) is 146 Å². The Morgan fingerprint density at radius 2 is 1.71 bits per heavy atom. The van der Waals surface area contributed by atoms with Gasteiger partial charge in [0.05, 0.1) is 19.2 Å². The van der Waals surface area contributed by atoms with Crippen molar-refractivity contribution in [2.75, 3.05) is 46.4 Å². The molecule has 12 heteroatoms. The van der Waals surface area contributed by atoms with E-state index in [4.69, 9.17) is 9.47 Å². The smallest absolute Gasteiger partial charge is 0.251 e. The van der Waals surface area contributed by atoms with Crippen LogP contribution in [-0.2, 0) is 39.9 Å². The number of rotatable bonds is 4. The Hall–Kier alpha value is -3.51. The normalized spacial score (nSPS) is 27.4. The van der Waals surface area contributed by atoms with Crippen LogP contribution >= 0.6 is 0 Å². The van der Waals surface area contributed by atoms with E-state index in [-0.39, 0.29) is 50.3 Å². The summed E-state index contributed by atoms with van der Waals surface area (Å²) in [6, 6.07) is 7.44. The summed E-state index contributed by atoms with van der Waals surface area (Å²) >= 11 is 0. The van der Waals surface area contributed by atoms with Gasteiger partial charge < -0.3 is 35.2 Å². The number of nitrogens with zero attached hydrogens (tertiary/aromatic N) is 2. The molecular formula is C29H41N5O7. The number of morpholine rings is 1. The summed E-state index contributed by atoms with van der Waals surface area (Å²) in [7, 11) is 1.48. The van der Waals surface area contributed by atoms with Crippen LogP contribution in [0, 0.1) is 11.8 Å². The number of nitrogens with one attached hydrogen (secondary N) is 3. The van der Waals surface area contributed by atoms with Crippen LogP contribution in [0.25, 0.3) is 0 Å². The number of fused-ring (bicyclic) bond motifs is 2. The molecule has 3 aliphatic heterocycles. The Balaban J connectivity index is 1.62. The predicted octanol–water partition coefficient (Wildman–Crippen LogP) is -0.534. The molecule has 0 spiro atoms. The van der Waals surface area contributed by atoms with E-state index in [9.17, 15) is 24.0 Å². The summed E-state index contributed by atoms with van der Waals surface area (Å²) in [6.45, 7) is 4.63. The van der Waals surface area contributed by atoms with Gasteiger partial charge in [-0.3, -0.25) is 24.0 Å². The fourth-order valence-corrected chi connectivity index (χ4v) is 5.43. The van der Waals surface area contributed by atoms with Gasteiger partial charge in [-0.2, -0.15) is 0 Å². The summed E-state index contributed by atoms with van der Waals surface area (Å²) in [5.74, 6) is -2.40. The molecule has 0 aromatic heterocycles. The number of benzene rings is 1. The molecule has 224 valence electrons. The van der Waals surface area contributed by atoms with Gasteiger partial charge in [-0.1, -0.05) is 44.2 Å². The molecule has 0 saturated carbocycles. The molecule has 1 aromatic carbocycles. The average molecular weight is 572 g/mol. The molecule has 3 aliphatic rings. The minimum Gasteiger partial charge on any atom is -0.381 e. The Kier molecular flexibility index (Phi) is 10.3. The van der Waals surface area contributed by atoms with Gasteiger partial charge in [-0.05, 0) is 24.3 Å². The number of carbonyl (C=O) groups is 5. The van der Waals surface area contributed by atoms with Crippen molar-refractivity contribution < 1.29 is 33.4 Å². The number of hydrogen-bond acceptors (Lipinski definition) is 7. The van der Waals surface area contributed by atoms with Crippen LogP contribution in [0.3, 0.4) is 0 Å². The van der Waals surface area contributed by atoms with Gasteiger partial charge >= 0.3 is 0 Å². The molecule has 2 bridgehead atoms. The third-order valence-corrected chi connectivity index (χ3v) is 7.77. The van der Waals surface area contributed by atoms with Crippen molar-refractivity contribution >= 4 is 29.5 Å². The maximum Gasteiger partial charge on any atom is 0.251 e. The maximum atomic E-state index is 13.6. The highest BCUT2D eigenvalue weighted by Gasteiger charge is 2.39. The van der Waals surface area contributed by atoms with E-state index in [0.717, 1.165) is 5.56 Å². The first-order chi connectivity index (χ1) is 19.6. The second kappa shape index (κ2) is 13.9. The summed E-state index contributed by atoms with van der Waals surface area (Å²) in [5, 5.41) is 8.39. The molecule has 12 nitrogen and oxygen atoms in total. The van der Waals surface area contributed by atoms with Gasteiger partial charge in [0, 0.05) is 45.7 Å². The second-order valence-electron chi connectivity index (χ2n) is 11.4. The van der Waals surface area contributed by atoms with Crippen LogP contribution in [0.5, 0.6) is 0 Å². The summed E-state index contributed by atoms with van der Waals surface area (Å²) < 4.78 is 11.5. The third kappa shape index (κ3) is 8.04. The van der Waals surface area contributed by atoms with Gasteiger partial charge in [0.15, 0.2) is 6.10 Å². The maximum absolute atomic E-state index is 13.6. The molecule has 1 aromatic rings. The zero-order valence-electron chi connectivity index (χ0n) is 24.0. The first-order valence-corrected chi connectivity index (χ1v) is 14.3. The molecule has 4 rings (SSSR count). The number of carbonyl (C=O) groups excluding carboxylic acids is 5. The largest absolute Gasteiger partial charge is 0.381 e. The van der Waals surface area contributed by atoms with Crippen molar-refractivity contribution in [2.24, 2.45) is 11.8 Å². The number of hydrogen-bond donors (Lipinski definition) is 3. The van der Waals surface area contributed by atoms with Crippen LogP contribution in [0.4, 0.5) is 0 Å². The van der Waals surface area contributed by atoms with E-state index in [1.807, 2.05) is 44.2 Å². The molecule has 3 fully saturated rings. The zero-order chi connectivity index (χ0) is 29.5. The number of amides is 5. The van der Waals surface area contributed by atoms with E-state index in [1.54, 1.807) is 4.90 Å². The summed E-state index contributed by atoms with van der Waals surface area (Å²) in [4.78, 5) is 69.4. The highest BCUT2D eigenvalue weighted by atomic mass is 16.5. The van der Waals surface area contributed by atoms with Gasteiger partial charge in [0.2, 0.25) is 23.6 Å². The fraction of sp³-hybridized carbons (Fsp3) is 0.621. The lowest BCUT2D eigenvalue weighted by atomic mass is 9.97. The quantitative estimate of drug-likeness (QED) is 0.440. The molecule has 3 N–H and O–H groups in total. The number of likely N-dealkylation sites (N-methyl/N-ethyl adjacent to an activating group) is 1. The van der Waals surface area contributed by atoms with E-state index < -0.39 is 47.9 Å². The Morgan fingerprint density at radius 3 is 2.39 bits per heavy atom. The zero-order valence-corrected chi connectivity index (χ0v) is 24.0. The van der Waals surface area contributed by atoms with Crippen molar-refractivity contribution in [3.05, 3.63) is 35.9 Å². The van der Waals surface area contributed by atoms with Crippen LogP contribution in [0.15, 0.2) is 30.3 Å². The minimum absolute atomic E-state index is 0.0310. The van der Waals surface area contributed by atoms with Crippen molar-refractivity contribution in [2.45, 2.75) is 57.4 Å². The van der Waals surface area contributed by atoms with Crippen molar-refractivity contribution in [3.63, 3.8) is 0 Å². The van der Waals surface area contributed by atoms with E-state index in [2.05, 4.69) is 16.0 Å². The van der Waals surface area contributed by atoms with Crippen LogP contribution < -0.4 is 16.0 Å². The lowest BCUT2D eigenvalue weighted by Crippen LogP contribution is -2.60. The predicted molar refractivity (Wildman–Crippen MR) is 148 cm³/mol. The second-order valence-corrected chi connectivity index (χ2v) is 11.4. The average Bonchev–Trinajstić information content (AvgIpc) is 2.97. The van der Waals surface area contributed by atoms with Gasteiger partial charge in [-0.25, -0.2) is 0 Å². The first-order valence-electron chi connectivity index (χ1n) is 14.3. The SMILES string of the molecule is CC(C)[C@@H]1NC(=O)CN(C)C(=O)[C@@H](Cc2ccccc2)NC(=O)[C@H]2CN(C(=O)C3CCOCC3)C[C@H](CNC1=O)O2. The fourth-order valence-electron chi connectivity index (χ4n) is 5.43. The molecule has 0 aliphatic carbocycles. The first kappa shape index (κ1) is 30.4. The van der Waals surface area contributed by atoms with Crippen LogP contribution in [0.2, 0.25) is 0 Å². The number of ether oxygens (including phenoxy) is 2. The van der Waals surface area contributed by atoms with Gasteiger partial charge in [0.1, 0.15) is 12.1 Å². The molecule has 0 unspecified atom stereocenters. The third-order valence-electron chi connectivity index (χ3n) is 7.77. The summed E-state index contributed by atoms with van der Waals surface area (Å²) in [6.07, 6.45) is -0.301. The summed E-state index contributed by atoms with van der Waals surface area (Å²) in [5.41, 5.74) is 0.829. The van der Waals surface area contributed by atoms with Crippen molar-refractivity contribution in [1.29, 1.82) is 0 Å². The molecule has 5 amide bonds. The molecule has 41 heavy (non-hydrogen) atoms. The van der Waals surface area contributed by atoms with Crippen LogP contribution in [0.1, 0.15) is 32.3 Å². The van der Waals surface area contributed by atoms with Crippen molar-refractivity contribution in [3.8, 4) is 0 Å². The Morgan fingerprint density at radius 1 is 1.00 bits per heavy atom. The van der Waals surface area contributed by atoms with Crippen molar-refractivity contribution in [1.82, 2.24) is 25.8 Å². The van der Waals surface area contributed by atoms with Crippen LogP contribution in [-0.4, -0.2) is 110 Å². The van der Waals surface area contributed by atoms with E-state index in [0.29, 0.717) is 26.1 Å². The highest BCUT2D eigenvalue weighted by Crippen LogP contribution is 2.21. The molecule has 3 heterocycles. The van der Waals surface area contributed by atoms with Gasteiger partial charge in [0.25, 0.3) is 5.91 Å². The van der Waals surface area contributed by atoms with Gasteiger partial charge in [-0.15, -0.1) is 0 Å². The lowest BCUT2D eigenvalue weighted by Gasteiger charge is -2.40. The van der Waals surface area contributed by atoms with E-state index >= 15 is 0 Å². The lowest BCUT2D eigenvalue weighted by molar-refractivity contribution is -0.160. The standard InChI is InChI=1S/C29H41N5O7/c1-18(2)25-27(37)30-14-21-15-34(28(38)20-9-11-40-12-10-20)16-23(41-21)26(36)31-22(13-19-7-5-4-6-8-19)29(39)33(3)17-24(35)32-25/h4-8,18,20-23,25H,9-17H2,1-3H3,(H,30,37)(H,31,36)(H,32,35)/t21-,22+,23+,25-/m0/s1. The minimum atomic E-state index is -1.04. The Bertz CT molecular complexity index is 1110. The Labute approximate surface area is 240 Å². The van der Waals surface area contributed by atoms with E-state index in [1.165, 1.54) is 11.9 Å². The molecule has 4 atom stereocenters.